The maximum Gasteiger partial charge on any atom is 0.243 e. The molecule has 2 amide bonds. The Morgan fingerprint density at radius 3 is 2.70 bits per heavy atom. The van der Waals surface area contributed by atoms with Crippen molar-refractivity contribution in [2.45, 2.75) is 38.1 Å². The highest BCUT2D eigenvalue weighted by Gasteiger charge is 2.37. The first-order valence-corrected chi connectivity index (χ1v) is 8.70. The fourth-order valence-corrected chi connectivity index (χ4v) is 4.04. The maximum atomic E-state index is 12.5. The average Bonchev–Trinajstić information content (AvgIpc) is 3.12. The van der Waals surface area contributed by atoms with Crippen LogP contribution in [0.15, 0.2) is 0 Å². The third-order valence-electron chi connectivity index (χ3n) is 4.08. The molecule has 0 radical (unpaired) electrons. The molecule has 0 bridgehead atoms. The Morgan fingerprint density at radius 2 is 2.00 bits per heavy atom. The first kappa shape index (κ1) is 15.6. The number of carbonyl (C=O) groups is 2. The van der Waals surface area contributed by atoms with E-state index in [9.17, 15) is 9.59 Å². The summed E-state index contributed by atoms with van der Waals surface area (Å²) in [5.41, 5.74) is 0. The number of nitrogens with zero attached hydrogens (tertiary/aromatic N) is 1. The second kappa shape index (κ2) is 7.88. The molecule has 1 saturated heterocycles. The number of rotatable bonds is 6. The van der Waals surface area contributed by atoms with Gasteiger partial charge in [0.1, 0.15) is 6.04 Å². The van der Waals surface area contributed by atoms with Crippen LogP contribution in [0, 0.1) is 5.92 Å². The van der Waals surface area contributed by atoms with Gasteiger partial charge >= 0.3 is 0 Å². The predicted molar refractivity (Wildman–Crippen MR) is 81.5 cm³/mol. The van der Waals surface area contributed by atoms with Gasteiger partial charge in [0, 0.05) is 18.2 Å². The summed E-state index contributed by atoms with van der Waals surface area (Å²) < 4.78 is 0. The van der Waals surface area contributed by atoms with Gasteiger partial charge in [-0.25, -0.2) is 0 Å². The van der Waals surface area contributed by atoms with Crippen molar-refractivity contribution in [2.24, 2.45) is 5.92 Å². The molecule has 20 heavy (non-hydrogen) atoms. The molecule has 1 aliphatic heterocycles. The Morgan fingerprint density at radius 1 is 1.25 bits per heavy atom. The molecular weight excluding hydrogens is 274 g/mol. The van der Waals surface area contributed by atoms with Crippen molar-refractivity contribution in [3.63, 3.8) is 0 Å². The number of nitrogens with one attached hydrogen (secondary N) is 2. The molecule has 0 aromatic heterocycles. The van der Waals surface area contributed by atoms with Crippen molar-refractivity contribution in [1.29, 1.82) is 0 Å². The summed E-state index contributed by atoms with van der Waals surface area (Å²) in [4.78, 5) is 26.5. The van der Waals surface area contributed by atoms with E-state index in [4.69, 9.17) is 0 Å². The highest BCUT2D eigenvalue weighted by molar-refractivity contribution is 7.99. The molecule has 1 atom stereocenters. The molecule has 2 rings (SSSR count). The van der Waals surface area contributed by atoms with Crippen molar-refractivity contribution in [3.8, 4) is 0 Å². The van der Waals surface area contributed by atoms with E-state index >= 15 is 0 Å². The lowest BCUT2D eigenvalue weighted by Gasteiger charge is -2.25. The van der Waals surface area contributed by atoms with Crippen LogP contribution in [0.5, 0.6) is 0 Å². The molecule has 0 aromatic carbocycles. The Kier molecular flexibility index (Phi) is 6.16. The zero-order valence-electron chi connectivity index (χ0n) is 12.2. The topological polar surface area (TPSA) is 61.4 Å². The van der Waals surface area contributed by atoms with Crippen LogP contribution < -0.4 is 10.6 Å². The molecule has 6 heteroatoms. The third-order valence-corrected chi connectivity index (χ3v) is 5.09. The Balaban J connectivity index is 1.83. The summed E-state index contributed by atoms with van der Waals surface area (Å²) in [6, 6.07) is -0.261. The maximum absolute atomic E-state index is 12.5. The normalized spacial score (nSPS) is 23.2. The zero-order valence-corrected chi connectivity index (χ0v) is 13.0. The highest BCUT2D eigenvalue weighted by Crippen LogP contribution is 2.30. The van der Waals surface area contributed by atoms with Crippen LogP contribution in [-0.2, 0) is 9.59 Å². The molecule has 2 N–H and O–H groups in total. The van der Waals surface area contributed by atoms with Crippen LogP contribution in [0.3, 0.4) is 0 Å². The average molecular weight is 299 g/mol. The van der Waals surface area contributed by atoms with E-state index in [1.54, 1.807) is 16.7 Å². The molecule has 1 unspecified atom stereocenters. The van der Waals surface area contributed by atoms with Crippen molar-refractivity contribution >= 4 is 23.6 Å². The molecule has 0 aromatic rings. The van der Waals surface area contributed by atoms with Gasteiger partial charge in [-0.2, -0.15) is 0 Å². The summed E-state index contributed by atoms with van der Waals surface area (Å²) in [6.07, 6.45) is 5.21. The second-order valence-corrected chi connectivity index (χ2v) is 6.55. The summed E-state index contributed by atoms with van der Waals surface area (Å²) in [5, 5.41) is 6.00. The number of carbonyl (C=O) groups excluding carboxylic acids is 2. The van der Waals surface area contributed by atoms with Gasteiger partial charge in [0.25, 0.3) is 0 Å². The molecule has 2 fully saturated rings. The van der Waals surface area contributed by atoms with E-state index in [1.165, 1.54) is 0 Å². The van der Waals surface area contributed by atoms with Gasteiger partial charge in [0.05, 0.1) is 5.88 Å². The van der Waals surface area contributed by atoms with Crippen molar-refractivity contribution in [3.05, 3.63) is 0 Å². The van der Waals surface area contributed by atoms with E-state index in [0.717, 1.165) is 44.4 Å². The van der Waals surface area contributed by atoms with E-state index in [0.29, 0.717) is 12.4 Å². The summed E-state index contributed by atoms with van der Waals surface area (Å²) in [6.45, 7) is 1.57. The first-order chi connectivity index (χ1) is 9.74. The van der Waals surface area contributed by atoms with Gasteiger partial charge in [-0.05, 0) is 32.9 Å². The summed E-state index contributed by atoms with van der Waals surface area (Å²) in [5.74, 6) is 1.77. The Labute approximate surface area is 125 Å². The summed E-state index contributed by atoms with van der Waals surface area (Å²) in [7, 11) is 1.90. The van der Waals surface area contributed by atoms with Crippen LogP contribution >= 0.6 is 11.8 Å². The minimum absolute atomic E-state index is 0.0115. The molecule has 114 valence electrons. The van der Waals surface area contributed by atoms with Crippen LogP contribution in [0.4, 0.5) is 0 Å². The fourth-order valence-electron chi connectivity index (χ4n) is 2.88. The monoisotopic (exact) mass is 299 g/mol. The Hall–Kier alpha value is -0.750. The third kappa shape index (κ3) is 3.88. The minimum atomic E-state index is -0.261. The number of amides is 2. The van der Waals surface area contributed by atoms with Gasteiger partial charge in [-0.1, -0.05) is 12.8 Å². The lowest BCUT2D eigenvalue weighted by molar-refractivity contribution is -0.141. The largest absolute Gasteiger partial charge is 0.354 e. The van der Waals surface area contributed by atoms with Crippen LogP contribution in [0.25, 0.3) is 0 Å². The lowest BCUT2D eigenvalue weighted by atomic mass is 10.1. The number of thioether (sulfide) groups is 1. The predicted octanol–water partition coefficient (Wildman–Crippen LogP) is 0.804. The lowest BCUT2D eigenvalue weighted by Crippen LogP contribution is -2.49. The second-order valence-electron chi connectivity index (χ2n) is 5.55. The van der Waals surface area contributed by atoms with E-state index in [-0.39, 0.29) is 23.8 Å². The SMILES string of the molecule is CNCCCNC(=O)C1CSCN1C(=O)C1CCCC1. The van der Waals surface area contributed by atoms with E-state index < -0.39 is 0 Å². The van der Waals surface area contributed by atoms with Gasteiger partial charge in [0.2, 0.25) is 11.8 Å². The fraction of sp³-hybridized carbons (Fsp3) is 0.857. The van der Waals surface area contributed by atoms with Gasteiger partial charge < -0.3 is 15.5 Å². The number of hydrogen-bond donors (Lipinski definition) is 2. The zero-order chi connectivity index (χ0) is 14.4. The van der Waals surface area contributed by atoms with Crippen molar-refractivity contribution < 1.29 is 9.59 Å². The van der Waals surface area contributed by atoms with Gasteiger partial charge in [-0.3, -0.25) is 9.59 Å². The van der Waals surface area contributed by atoms with Gasteiger partial charge in [-0.15, -0.1) is 11.8 Å². The molecule has 2 aliphatic rings. The number of hydrogen-bond acceptors (Lipinski definition) is 4. The van der Waals surface area contributed by atoms with Crippen LogP contribution in [0.2, 0.25) is 0 Å². The van der Waals surface area contributed by atoms with Crippen molar-refractivity contribution in [2.75, 3.05) is 31.8 Å². The molecule has 1 saturated carbocycles. The molecule has 0 spiro atoms. The minimum Gasteiger partial charge on any atom is -0.354 e. The molecular formula is C14H25N3O2S. The van der Waals surface area contributed by atoms with Crippen LogP contribution in [0.1, 0.15) is 32.1 Å². The van der Waals surface area contributed by atoms with Crippen LogP contribution in [-0.4, -0.2) is 54.5 Å². The summed E-state index contributed by atoms with van der Waals surface area (Å²) >= 11 is 1.68. The quantitative estimate of drug-likeness (QED) is 0.712. The van der Waals surface area contributed by atoms with Crippen molar-refractivity contribution in [1.82, 2.24) is 15.5 Å². The standard InChI is InChI=1S/C14H25N3O2S/c1-15-7-4-8-16-13(18)12-9-20-10-17(12)14(19)11-5-2-3-6-11/h11-12,15H,2-10H2,1H3,(H,16,18). The molecule has 1 heterocycles. The van der Waals surface area contributed by atoms with E-state index in [2.05, 4.69) is 10.6 Å². The molecule has 1 aliphatic carbocycles. The smallest absolute Gasteiger partial charge is 0.243 e. The Bertz CT molecular complexity index is 345. The molecule has 5 nitrogen and oxygen atoms in total. The van der Waals surface area contributed by atoms with E-state index in [1.807, 2.05) is 7.05 Å². The highest BCUT2D eigenvalue weighted by atomic mass is 32.2. The van der Waals surface area contributed by atoms with Gasteiger partial charge in [0.15, 0.2) is 0 Å². The first-order valence-electron chi connectivity index (χ1n) is 7.54.